The molecule has 0 aliphatic rings. The van der Waals surface area contributed by atoms with Gasteiger partial charge in [-0.15, -0.1) is 0 Å². The van der Waals surface area contributed by atoms with Gasteiger partial charge in [0.1, 0.15) is 0 Å². The largest absolute Gasteiger partial charge is 0.345 e. The van der Waals surface area contributed by atoms with Crippen molar-refractivity contribution in [3.05, 3.63) is 47.5 Å². The standard InChI is InChI=1S/C18H22N6O6S2/c1-23(2)17(25)13-7-5-11(9-15(13)31(19,27)28)21-22-12-6-8-14(18(26)24(3)4)16(10-12)32(20,29)30/h5-10H,1-4H3,(H2,19,27,28)(H2,20,29,30). The van der Waals surface area contributed by atoms with E-state index >= 15 is 0 Å². The maximum Gasteiger partial charge on any atom is 0.254 e. The second-order valence-corrected chi connectivity index (χ2v) is 10.1. The van der Waals surface area contributed by atoms with Gasteiger partial charge in [0, 0.05) is 28.2 Å². The van der Waals surface area contributed by atoms with Crippen LogP contribution in [0.1, 0.15) is 20.7 Å². The number of sulfonamides is 2. The average molecular weight is 483 g/mol. The minimum Gasteiger partial charge on any atom is -0.345 e. The van der Waals surface area contributed by atoms with E-state index < -0.39 is 41.7 Å². The summed E-state index contributed by atoms with van der Waals surface area (Å²) in [7, 11) is -2.69. The van der Waals surface area contributed by atoms with Crippen molar-refractivity contribution in [2.45, 2.75) is 9.79 Å². The Bertz CT molecular complexity index is 1220. The van der Waals surface area contributed by atoms with Crippen LogP contribution >= 0.6 is 0 Å². The number of nitrogens with two attached hydrogens (primary N) is 2. The molecule has 0 radical (unpaired) electrons. The quantitative estimate of drug-likeness (QED) is 0.573. The molecule has 0 aliphatic heterocycles. The van der Waals surface area contributed by atoms with E-state index in [2.05, 4.69) is 10.2 Å². The van der Waals surface area contributed by atoms with Gasteiger partial charge in [0.05, 0.1) is 32.3 Å². The third-order valence-electron chi connectivity index (χ3n) is 4.10. The zero-order chi connectivity index (χ0) is 24.4. The lowest BCUT2D eigenvalue weighted by Gasteiger charge is -2.13. The molecule has 2 aromatic carbocycles. The summed E-state index contributed by atoms with van der Waals surface area (Å²) >= 11 is 0. The van der Waals surface area contributed by atoms with Crippen molar-refractivity contribution in [1.82, 2.24) is 9.80 Å². The van der Waals surface area contributed by atoms with E-state index in [1.807, 2.05) is 0 Å². The predicted octanol–water partition coefficient (Wildman–Crippen LogP) is 0.800. The van der Waals surface area contributed by atoms with E-state index in [9.17, 15) is 26.4 Å². The lowest BCUT2D eigenvalue weighted by molar-refractivity contribution is 0.0817. The summed E-state index contributed by atoms with van der Waals surface area (Å²) in [6, 6.07) is 7.31. The van der Waals surface area contributed by atoms with Gasteiger partial charge in [0.25, 0.3) is 11.8 Å². The van der Waals surface area contributed by atoms with Crippen LogP contribution in [0.25, 0.3) is 0 Å². The van der Waals surface area contributed by atoms with Crippen molar-refractivity contribution < 1.29 is 26.4 Å². The summed E-state index contributed by atoms with van der Waals surface area (Å²) < 4.78 is 47.7. The highest BCUT2D eigenvalue weighted by Crippen LogP contribution is 2.27. The van der Waals surface area contributed by atoms with Gasteiger partial charge in [-0.1, -0.05) is 0 Å². The van der Waals surface area contributed by atoms with Gasteiger partial charge >= 0.3 is 0 Å². The Morgan fingerprint density at radius 1 is 0.688 bits per heavy atom. The SMILES string of the molecule is CN(C)C(=O)c1ccc(N=Nc2ccc(C(=O)N(C)C)c(S(N)(=O)=O)c2)cc1S(N)(=O)=O. The third-order valence-corrected chi connectivity index (χ3v) is 6.00. The number of nitrogens with zero attached hydrogens (tertiary/aromatic N) is 4. The first-order valence-corrected chi connectivity index (χ1v) is 11.9. The van der Waals surface area contributed by atoms with E-state index in [0.29, 0.717) is 0 Å². The minimum atomic E-state index is -4.25. The summed E-state index contributed by atoms with van der Waals surface area (Å²) in [5.74, 6) is -1.15. The lowest BCUT2D eigenvalue weighted by Crippen LogP contribution is -2.25. The number of rotatable bonds is 6. The molecular weight excluding hydrogens is 460 g/mol. The van der Waals surface area contributed by atoms with Crippen molar-refractivity contribution in [2.75, 3.05) is 28.2 Å². The van der Waals surface area contributed by atoms with Crippen molar-refractivity contribution >= 4 is 43.2 Å². The molecule has 0 atom stereocenters. The van der Waals surface area contributed by atoms with Gasteiger partial charge in [-0.25, -0.2) is 27.1 Å². The van der Waals surface area contributed by atoms with E-state index in [-0.39, 0.29) is 22.5 Å². The molecule has 14 heteroatoms. The first-order chi connectivity index (χ1) is 14.6. The summed E-state index contributed by atoms with van der Waals surface area (Å²) in [4.78, 5) is 25.9. The van der Waals surface area contributed by atoms with Crippen LogP contribution in [0.4, 0.5) is 11.4 Å². The van der Waals surface area contributed by atoms with Gasteiger partial charge < -0.3 is 9.80 Å². The Labute approximate surface area is 185 Å². The van der Waals surface area contributed by atoms with Crippen LogP contribution in [0.15, 0.2) is 56.4 Å². The van der Waals surface area contributed by atoms with E-state index in [1.165, 1.54) is 62.3 Å². The monoisotopic (exact) mass is 482 g/mol. The Hall–Kier alpha value is -3.20. The number of carbonyl (C=O) groups excluding carboxylic acids is 2. The van der Waals surface area contributed by atoms with Crippen LogP contribution in [0, 0.1) is 0 Å². The maximum atomic E-state index is 12.2. The smallest absolute Gasteiger partial charge is 0.254 e. The van der Waals surface area contributed by atoms with Crippen LogP contribution < -0.4 is 10.3 Å². The van der Waals surface area contributed by atoms with Crippen LogP contribution in [0.3, 0.4) is 0 Å². The van der Waals surface area contributed by atoms with E-state index in [1.54, 1.807) is 0 Å². The van der Waals surface area contributed by atoms with Crippen LogP contribution in [0.2, 0.25) is 0 Å². The highest BCUT2D eigenvalue weighted by Gasteiger charge is 2.22. The topological polar surface area (TPSA) is 186 Å². The fourth-order valence-corrected chi connectivity index (χ4v) is 4.06. The molecule has 12 nitrogen and oxygen atoms in total. The second-order valence-electron chi connectivity index (χ2n) is 7.05. The van der Waals surface area contributed by atoms with Gasteiger partial charge in [-0.2, -0.15) is 10.2 Å². The molecule has 0 aromatic heterocycles. The highest BCUT2D eigenvalue weighted by atomic mass is 32.2. The van der Waals surface area contributed by atoms with Gasteiger partial charge in [0.2, 0.25) is 20.0 Å². The molecule has 32 heavy (non-hydrogen) atoms. The number of hydrogen-bond acceptors (Lipinski definition) is 8. The molecule has 2 amide bonds. The Morgan fingerprint density at radius 3 is 1.25 bits per heavy atom. The summed E-state index contributed by atoms with van der Waals surface area (Å²) in [5, 5.41) is 18.2. The maximum absolute atomic E-state index is 12.2. The first kappa shape index (κ1) is 25.1. The van der Waals surface area contributed by atoms with Crippen molar-refractivity contribution in [3.8, 4) is 0 Å². The minimum absolute atomic E-state index is 0.0370. The molecule has 0 unspecified atom stereocenters. The molecule has 0 saturated heterocycles. The molecule has 0 bridgehead atoms. The van der Waals surface area contributed by atoms with Gasteiger partial charge in [-0.05, 0) is 36.4 Å². The zero-order valence-corrected chi connectivity index (χ0v) is 19.3. The molecule has 2 aromatic rings. The molecule has 172 valence electrons. The Balaban J connectivity index is 2.54. The Kier molecular flexibility index (Phi) is 7.14. The molecule has 0 saturated carbocycles. The molecule has 2 rings (SSSR count). The third kappa shape index (κ3) is 5.73. The number of hydrogen-bond donors (Lipinski definition) is 2. The zero-order valence-electron chi connectivity index (χ0n) is 17.7. The van der Waals surface area contributed by atoms with Crippen LogP contribution in [-0.2, 0) is 20.0 Å². The summed E-state index contributed by atoms with van der Waals surface area (Å²) in [5.41, 5.74) is -0.205. The molecule has 0 fully saturated rings. The second kappa shape index (κ2) is 9.12. The highest BCUT2D eigenvalue weighted by molar-refractivity contribution is 7.89. The molecule has 0 aliphatic carbocycles. The predicted molar refractivity (Wildman–Crippen MR) is 116 cm³/mol. The molecule has 4 N–H and O–H groups in total. The number of amides is 2. The van der Waals surface area contributed by atoms with Crippen molar-refractivity contribution in [1.29, 1.82) is 0 Å². The van der Waals surface area contributed by atoms with Crippen molar-refractivity contribution in [3.63, 3.8) is 0 Å². The Morgan fingerprint density at radius 2 is 1.00 bits per heavy atom. The van der Waals surface area contributed by atoms with Crippen molar-refractivity contribution in [2.24, 2.45) is 20.5 Å². The molecule has 0 heterocycles. The van der Waals surface area contributed by atoms with E-state index in [4.69, 9.17) is 10.3 Å². The summed E-state index contributed by atoms with van der Waals surface area (Å²) in [6.07, 6.45) is 0. The molecular formula is C18H22N6O6S2. The first-order valence-electron chi connectivity index (χ1n) is 8.81. The number of azo groups is 1. The number of benzene rings is 2. The number of carbonyl (C=O) groups is 2. The van der Waals surface area contributed by atoms with Crippen LogP contribution in [0.5, 0.6) is 0 Å². The normalized spacial score (nSPS) is 12.1. The van der Waals surface area contributed by atoms with Crippen LogP contribution in [-0.4, -0.2) is 66.6 Å². The van der Waals surface area contributed by atoms with E-state index in [0.717, 1.165) is 12.1 Å². The molecule has 0 spiro atoms. The lowest BCUT2D eigenvalue weighted by atomic mass is 10.2. The summed E-state index contributed by atoms with van der Waals surface area (Å²) in [6.45, 7) is 0. The average Bonchev–Trinajstić information content (AvgIpc) is 2.69. The fourth-order valence-electron chi connectivity index (χ4n) is 2.57. The number of primary sulfonamides is 2. The fraction of sp³-hybridized carbons (Fsp3) is 0.222. The van der Waals surface area contributed by atoms with Gasteiger partial charge in [-0.3, -0.25) is 9.59 Å². The van der Waals surface area contributed by atoms with Gasteiger partial charge in [0.15, 0.2) is 0 Å².